The molecule has 0 fully saturated rings. The standard InChI is InChI=1S/C38H61NO/c1-3-5-7-9-11-13-14-15-16-17-19-21-23-33-40-38-31-27-36(28-32-38)34-39-37-29-25-35(26-30-37)24-22-20-18-12-10-8-6-4-2/h25-32,34H,3-24,33H2,1-2H3. The Labute approximate surface area is 248 Å². The molecule has 0 heterocycles. The van der Waals surface area contributed by atoms with Crippen LogP contribution in [0.3, 0.4) is 0 Å². The summed E-state index contributed by atoms with van der Waals surface area (Å²) in [5, 5.41) is 0. The molecule has 0 atom stereocenters. The zero-order chi connectivity index (χ0) is 28.4. The van der Waals surface area contributed by atoms with Crippen molar-refractivity contribution in [2.45, 2.75) is 155 Å². The molecule has 0 aliphatic carbocycles. The number of ether oxygens (including phenoxy) is 1. The maximum atomic E-state index is 5.96. The van der Waals surface area contributed by atoms with Crippen LogP contribution < -0.4 is 4.74 Å². The van der Waals surface area contributed by atoms with Crippen LogP contribution in [0, 0.1) is 0 Å². The second-order valence-electron chi connectivity index (χ2n) is 11.8. The van der Waals surface area contributed by atoms with Crippen LogP contribution >= 0.6 is 0 Å². The fourth-order valence-electron chi connectivity index (χ4n) is 5.32. The molecule has 2 nitrogen and oxygen atoms in total. The van der Waals surface area contributed by atoms with E-state index in [9.17, 15) is 0 Å². The molecule has 0 saturated carbocycles. The summed E-state index contributed by atoms with van der Waals surface area (Å²) < 4.78 is 5.96. The van der Waals surface area contributed by atoms with Gasteiger partial charge < -0.3 is 4.74 Å². The third kappa shape index (κ3) is 18.3. The lowest BCUT2D eigenvalue weighted by atomic mass is 10.0. The van der Waals surface area contributed by atoms with E-state index in [2.05, 4.69) is 67.4 Å². The minimum Gasteiger partial charge on any atom is -0.494 e. The van der Waals surface area contributed by atoms with E-state index in [1.54, 1.807) is 0 Å². The molecule has 0 amide bonds. The summed E-state index contributed by atoms with van der Waals surface area (Å²) in [5.41, 5.74) is 3.55. The number of aliphatic imine (C=N–C) groups is 1. The summed E-state index contributed by atoms with van der Waals surface area (Å²) in [4.78, 5) is 4.67. The fourth-order valence-corrected chi connectivity index (χ4v) is 5.32. The molecule has 0 saturated heterocycles. The molecule has 2 heteroatoms. The van der Waals surface area contributed by atoms with Gasteiger partial charge in [-0.15, -0.1) is 0 Å². The van der Waals surface area contributed by atoms with Crippen molar-refractivity contribution in [2.75, 3.05) is 6.61 Å². The number of hydrogen-bond donors (Lipinski definition) is 0. The highest BCUT2D eigenvalue weighted by Crippen LogP contribution is 2.18. The minimum absolute atomic E-state index is 0.816. The monoisotopic (exact) mass is 547 g/mol. The Balaban J connectivity index is 1.48. The summed E-state index contributed by atoms with van der Waals surface area (Å²) in [6.07, 6.45) is 32.1. The van der Waals surface area contributed by atoms with E-state index in [1.165, 1.54) is 140 Å². The Morgan fingerprint density at radius 1 is 0.500 bits per heavy atom. The van der Waals surface area contributed by atoms with Crippen LogP contribution in [0.15, 0.2) is 53.5 Å². The van der Waals surface area contributed by atoms with Crippen molar-refractivity contribution in [3.05, 3.63) is 59.7 Å². The van der Waals surface area contributed by atoms with Crippen molar-refractivity contribution in [1.82, 2.24) is 0 Å². The molecule has 0 aliphatic heterocycles. The van der Waals surface area contributed by atoms with Crippen LogP contribution in [-0.4, -0.2) is 12.8 Å². The minimum atomic E-state index is 0.816. The van der Waals surface area contributed by atoms with E-state index >= 15 is 0 Å². The number of rotatable bonds is 26. The van der Waals surface area contributed by atoms with E-state index in [1.807, 2.05) is 6.21 Å². The van der Waals surface area contributed by atoms with Gasteiger partial charge in [-0.25, -0.2) is 0 Å². The Kier molecular flexibility index (Phi) is 21.1. The SMILES string of the molecule is CCCCCCCCCCCCCCCOc1ccc(C=Nc2ccc(CCCCCCCCCC)cc2)cc1. The van der Waals surface area contributed by atoms with Gasteiger partial charge in [-0.1, -0.05) is 148 Å². The molecule has 0 bridgehead atoms. The van der Waals surface area contributed by atoms with Gasteiger partial charge in [-0.05, 0) is 66.8 Å². The second-order valence-corrected chi connectivity index (χ2v) is 11.8. The molecular weight excluding hydrogens is 486 g/mol. The maximum absolute atomic E-state index is 5.96. The van der Waals surface area contributed by atoms with Crippen LogP contribution in [0.1, 0.15) is 160 Å². The van der Waals surface area contributed by atoms with Gasteiger partial charge in [0.25, 0.3) is 0 Å². The second kappa shape index (κ2) is 24.7. The highest BCUT2D eigenvalue weighted by atomic mass is 16.5. The summed E-state index contributed by atoms with van der Waals surface area (Å²) in [7, 11) is 0. The highest BCUT2D eigenvalue weighted by molar-refractivity contribution is 5.82. The van der Waals surface area contributed by atoms with Crippen molar-refractivity contribution in [3.8, 4) is 5.75 Å². The highest BCUT2D eigenvalue weighted by Gasteiger charge is 1.98. The number of benzene rings is 2. The molecule has 224 valence electrons. The van der Waals surface area contributed by atoms with Crippen molar-refractivity contribution in [1.29, 1.82) is 0 Å². The van der Waals surface area contributed by atoms with Gasteiger partial charge in [0.1, 0.15) is 5.75 Å². The molecule has 0 radical (unpaired) electrons. The van der Waals surface area contributed by atoms with Crippen molar-refractivity contribution in [3.63, 3.8) is 0 Å². The van der Waals surface area contributed by atoms with E-state index in [-0.39, 0.29) is 0 Å². The summed E-state index contributed by atoms with van der Waals surface area (Å²) in [6, 6.07) is 17.1. The normalized spacial score (nSPS) is 11.4. The van der Waals surface area contributed by atoms with Gasteiger partial charge in [-0.2, -0.15) is 0 Å². The third-order valence-corrected chi connectivity index (χ3v) is 8.01. The summed E-state index contributed by atoms with van der Waals surface area (Å²) in [5.74, 6) is 0.960. The zero-order valence-corrected chi connectivity index (χ0v) is 26.3. The van der Waals surface area contributed by atoms with Gasteiger partial charge in [0.15, 0.2) is 0 Å². The van der Waals surface area contributed by atoms with Crippen LogP contribution in [0.2, 0.25) is 0 Å². The first-order valence-electron chi connectivity index (χ1n) is 17.2. The Morgan fingerprint density at radius 2 is 0.950 bits per heavy atom. The molecule has 0 unspecified atom stereocenters. The van der Waals surface area contributed by atoms with E-state index in [0.717, 1.165) is 30.0 Å². The number of aryl methyl sites for hydroxylation is 1. The largest absolute Gasteiger partial charge is 0.494 e. The Hall–Kier alpha value is -2.09. The number of nitrogens with zero attached hydrogens (tertiary/aromatic N) is 1. The first kappa shape index (κ1) is 34.1. The molecule has 0 N–H and O–H groups in total. The van der Waals surface area contributed by atoms with E-state index < -0.39 is 0 Å². The smallest absolute Gasteiger partial charge is 0.119 e. The lowest BCUT2D eigenvalue weighted by Gasteiger charge is -2.06. The Bertz CT molecular complexity index is 839. The number of hydrogen-bond acceptors (Lipinski definition) is 2. The molecule has 0 aliphatic rings. The maximum Gasteiger partial charge on any atom is 0.119 e. The number of unbranched alkanes of at least 4 members (excludes halogenated alkanes) is 19. The van der Waals surface area contributed by atoms with Gasteiger partial charge in [0.05, 0.1) is 12.3 Å². The summed E-state index contributed by atoms with van der Waals surface area (Å²) >= 11 is 0. The van der Waals surface area contributed by atoms with Crippen LogP contribution in [0.4, 0.5) is 5.69 Å². The van der Waals surface area contributed by atoms with Crippen molar-refractivity contribution >= 4 is 11.9 Å². The predicted molar refractivity (Wildman–Crippen MR) is 178 cm³/mol. The van der Waals surface area contributed by atoms with Crippen LogP contribution in [-0.2, 0) is 6.42 Å². The quantitative estimate of drug-likeness (QED) is 0.0847. The van der Waals surface area contributed by atoms with E-state index in [4.69, 9.17) is 4.74 Å². The van der Waals surface area contributed by atoms with Crippen LogP contribution in [0.25, 0.3) is 0 Å². The third-order valence-electron chi connectivity index (χ3n) is 8.01. The lowest BCUT2D eigenvalue weighted by Crippen LogP contribution is -1.97. The molecule has 2 rings (SSSR count). The lowest BCUT2D eigenvalue weighted by molar-refractivity contribution is 0.304. The van der Waals surface area contributed by atoms with E-state index in [0.29, 0.717) is 0 Å². The average Bonchev–Trinajstić information content (AvgIpc) is 2.99. The fraction of sp³-hybridized carbons (Fsp3) is 0.658. The van der Waals surface area contributed by atoms with Crippen molar-refractivity contribution in [2.24, 2.45) is 4.99 Å². The molecule has 2 aromatic carbocycles. The molecular formula is C38H61NO. The molecule has 0 aromatic heterocycles. The van der Waals surface area contributed by atoms with Gasteiger partial charge in [0.2, 0.25) is 0 Å². The predicted octanol–water partition coefficient (Wildman–Crippen LogP) is 12.6. The topological polar surface area (TPSA) is 21.6 Å². The molecule has 0 spiro atoms. The zero-order valence-electron chi connectivity index (χ0n) is 26.3. The van der Waals surface area contributed by atoms with Gasteiger partial charge in [-0.3, -0.25) is 4.99 Å². The Morgan fingerprint density at radius 3 is 1.45 bits per heavy atom. The summed E-state index contributed by atoms with van der Waals surface area (Å²) in [6.45, 7) is 5.39. The van der Waals surface area contributed by atoms with Crippen molar-refractivity contribution < 1.29 is 4.74 Å². The van der Waals surface area contributed by atoms with Gasteiger partial charge in [0, 0.05) is 6.21 Å². The average molecular weight is 548 g/mol. The van der Waals surface area contributed by atoms with Gasteiger partial charge >= 0.3 is 0 Å². The first-order chi connectivity index (χ1) is 19.8. The molecule has 2 aromatic rings. The van der Waals surface area contributed by atoms with Crippen LogP contribution in [0.5, 0.6) is 5.75 Å². The first-order valence-corrected chi connectivity index (χ1v) is 17.2. The molecule has 40 heavy (non-hydrogen) atoms.